The summed E-state index contributed by atoms with van der Waals surface area (Å²) in [6.07, 6.45) is 5.81. The molecule has 7 heteroatoms. The van der Waals surface area contributed by atoms with Crippen LogP contribution in [-0.2, 0) is 17.8 Å². The monoisotopic (exact) mass is 341 g/mol. The summed E-state index contributed by atoms with van der Waals surface area (Å²) in [7, 11) is 0. The highest BCUT2D eigenvalue weighted by Gasteiger charge is 2.23. The van der Waals surface area contributed by atoms with Crippen LogP contribution in [0.3, 0.4) is 0 Å². The van der Waals surface area contributed by atoms with E-state index in [1.165, 1.54) is 0 Å². The number of nitrogens with zero attached hydrogens (tertiary/aromatic N) is 4. The van der Waals surface area contributed by atoms with Gasteiger partial charge in [-0.1, -0.05) is 0 Å². The predicted octanol–water partition coefficient (Wildman–Crippen LogP) is 1.63. The van der Waals surface area contributed by atoms with Crippen molar-refractivity contribution in [3.05, 3.63) is 35.8 Å². The Bertz CT molecular complexity index is 736. The molecule has 2 N–H and O–H groups in total. The highest BCUT2D eigenvalue weighted by molar-refractivity contribution is 5.74. The molecule has 7 nitrogen and oxygen atoms in total. The first-order valence-corrected chi connectivity index (χ1v) is 8.59. The van der Waals surface area contributed by atoms with Crippen molar-refractivity contribution in [1.29, 1.82) is 0 Å². The summed E-state index contributed by atoms with van der Waals surface area (Å²) < 4.78 is 0. The van der Waals surface area contributed by atoms with E-state index in [2.05, 4.69) is 10.3 Å². The number of pyridine rings is 1. The smallest absolute Gasteiger partial charge is 0.219 e. The summed E-state index contributed by atoms with van der Waals surface area (Å²) in [6, 6.07) is 3.76. The van der Waals surface area contributed by atoms with Gasteiger partial charge in [0.05, 0.1) is 12.2 Å². The molecule has 0 aliphatic carbocycles. The summed E-state index contributed by atoms with van der Waals surface area (Å²) >= 11 is 0. The Kier molecular flexibility index (Phi) is 5.55. The van der Waals surface area contributed by atoms with Gasteiger partial charge in [-0.15, -0.1) is 0 Å². The number of anilines is 1. The lowest BCUT2D eigenvalue weighted by atomic mass is 10.0. The Labute approximate surface area is 147 Å². The van der Waals surface area contributed by atoms with Crippen LogP contribution in [0.1, 0.15) is 31.0 Å². The van der Waals surface area contributed by atoms with Crippen molar-refractivity contribution in [3.63, 3.8) is 0 Å². The van der Waals surface area contributed by atoms with Crippen LogP contribution >= 0.6 is 0 Å². The summed E-state index contributed by atoms with van der Waals surface area (Å²) in [5.41, 5.74) is 2.88. The first-order valence-electron chi connectivity index (χ1n) is 8.59. The normalized spacial score (nSPS) is 13.4. The minimum atomic E-state index is 0.0622. The molecular weight excluding hydrogens is 318 g/mol. The molecular formula is C18H23N5O2. The number of hydrogen-bond acceptors (Lipinski definition) is 6. The van der Waals surface area contributed by atoms with Gasteiger partial charge in [0.25, 0.3) is 0 Å². The van der Waals surface area contributed by atoms with Crippen LogP contribution in [0.15, 0.2) is 24.5 Å². The van der Waals surface area contributed by atoms with Gasteiger partial charge >= 0.3 is 0 Å². The average molecular weight is 341 g/mol. The van der Waals surface area contributed by atoms with E-state index in [1.54, 1.807) is 24.2 Å². The molecule has 3 rings (SSSR count). The number of fused-ring (bicyclic) bond motifs is 1. The van der Waals surface area contributed by atoms with Crippen molar-refractivity contribution in [2.45, 2.75) is 32.7 Å². The van der Waals surface area contributed by atoms with Gasteiger partial charge in [-0.05, 0) is 31.4 Å². The number of hydrogen-bond donors (Lipinski definition) is 2. The zero-order valence-electron chi connectivity index (χ0n) is 14.4. The zero-order valence-corrected chi connectivity index (χ0v) is 14.4. The van der Waals surface area contributed by atoms with Crippen molar-refractivity contribution < 1.29 is 9.90 Å². The average Bonchev–Trinajstić information content (AvgIpc) is 2.65. The van der Waals surface area contributed by atoms with Crippen molar-refractivity contribution in [2.24, 2.45) is 0 Å². The molecule has 0 saturated heterocycles. The first-order chi connectivity index (χ1) is 12.2. The number of aliphatic hydroxyl groups is 1. The van der Waals surface area contributed by atoms with Crippen molar-refractivity contribution in [1.82, 2.24) is 19.9 Å². The van der Waals surface area contributed by atoms with E-state index < -0.39 is 0 Å². The Hall–Kier alpha value is -2.54. The number of nitrogens with one attached hydrogen (secondary N) is 1. The van der Waals surface area contributed by atoms with Crippen LogP contribution in [-0.4, -0.2) is 50.6 Å². The molecule has 0 bridgehead atoms. The molecule has 1 amide bonds. The van der Waals surface area contributed by atoms with E-state index in [9.17, 15) is 4.79 Å². The first kappa shape index (κ1) is 17.3. The fraction of sp³-hybridized carbons (Fsp3) is 0.444. The summed E-state index contributed by atoms with van der Waals surface area (Å²) in [5, 5.41) is 12.3. The van der Waals surface area contributed by atoms with E-state index in [0.717, 1.165) is 48.4 Å². The molecule has 3 heterocycles. The SMILES string of the molecule is CC(=O)N1CCc2c(nc(-c3ccncc3)nc2NCCCCO)C1. The lowest BCUT2D eigenvalue weighted by molar-refractivity contribution is -0.129. The van der Waals surface area contributed by atoms with Gasteiger partial charge in [0.2, 0.25) is 5.91 Å². The molecule has 2 aromatic heterocycles. The van der Waals surface area contributed by atoms with Gasteiger partial charge in [0.1, 0.15) is 5.82 Å². The molecule has 25 heavy (non-hydrogen) atoms. The fourth-order valence-electron chi connectivity index (χ4n) is 2.92. The molecule has 1 aliphatic rings. The molecule has 1 aliphatic heterocycles. The molecule has 0 spiro atoms. The van der Waals surface area contributed by atoms with Gasteiger partial charge in [0, 0.05) is 50.1 Å². The number of carbonyl (C=O) groups is 1. The van der Waals surface area contributed by atoms with E-state index in [-0.39, 0.29) is 12.5 Å². The molecule has 2 aromatic rings. The Balaban J connectivity index is 1.92. The van der Waals surface area contributed by atoms with Gasteiger partial charge in [-0.3, -0.25) is 9.78 Å². The lowest BCUT2D eigenvalue weighted by Crippen LogP contribution is -2.35. The van der Waals surface area contributed by atoms with E-state index in [4.69, 9.17) is 15.1 Å². The van der Waals surface area contributed by atoms with Crippen LogP contribution in [0, 0.1) is 0 Å². The summed E-state index contributed by atoms with van der Waals surface area (Å²) in [5.74, 6) is 1.53. The molecule has 0 unspecified atom stereocenters. The number of carbonyl (C=O) groups excluding carboxylic acids is 1. The Morgan fingerprint density at radius 1 is 1.28 bits per heavy atom. The third kappa shape index (κ3) is 4.11. The number of aromatic nitrogens is 3. The summed E-state index contributed by atoms with van der Waals surface area (Å²) in [4.78, 5) is 27.0. The maximum atomic E-state index is 11.7. The van der Waals surface area contributed by atoms with E-state index in [1.807, 2.05) is 12.1 Å². The molecule has 0 saturated carbocycles. The maximum Gasteiger partial charge on any atom is 0.219 e. The second kappa shape index (κ2) is 8.02. The van der Waals surface area contributed by atoms with E-state index >= 15 is 0 Å². The van der Waals surface area contributed by atoms with Crippen molar-refractivity contribution in [2.75, 3.05) is 25.0 Å². The third-order valence-electron chi connectivity index (χ3n) is 4.33. The Morgan fingerprint density at radius 2 is 2.08 bits per heavy atom. The fourth-order valence-corrected chi connectivity index (χ4v) is 2.92. The molecule has 0 radical (unpaired) electrons. The Morgan fingerprint density at radius 3 is 2.80 bits per heavy atom. The van der Waals surface area contributed by atoms with Gasteiger partial charge < -0.3 is 15.3 Å². The number of aliphatic hydroxyl groups excluding tert-OH is 1. The van der Waals surface area contributed by atoms with Crippen LogP contribution < -0.4 is 5.32 Å². The van der Waals surface area contributed by atoms with E-state index in [0.29, 0.717) is 18.9 Å². The maximum absolute atomic E-state index is 11.7. The topological polar surface area (TPSA) is 91.2 Å². The number of unbranched alkanes of at least 4 members (excludes halogenated alkanes) is 1. The summed E-state index contributed by atoms with van der Waals surface area (Å²) in [6.45, 7) is 3.72. The third-order valence-corrected chi connectivity index (χ3v) is 4.33. The van der Waals surface area contributed by atoms with Gasteiger partial charge in [-0.25, -0.2) is 9.97 Å². The minimum Gasteiger partial charge on any atom is -0.396 e. The molecule has 0 aromatic carbocycles. The quantitative estimate of drug-likeness (QED) is 0.776. The second-order valence-corrected chi connectivity index (χ2v) is 6.11. The lowest BCUT2D eigenvalue weighted by Gasteiger charge is -2.28. The highest BCUT2D eigenvalue weighted by atomic mass is 16.2. The minimum absolute atomic E-state index is 0.0622. The van der Waals surface area contributed by atoms with Crippen LogP contribution in [0.25, 0.3) is 11.4 Å². The number of rotatable bonds is 6. The van der Waals surface area contributed by atoms with Crippen molar-refractivity contribution >= 4 is 11.7 Å². The standard InChI is InChI=1S/C18H23N5O2/c1-13(25)23-10-6-15-16(12-23)21-17(14-4-8-19-9-5-14)22-18(15)20-7-2-3-11-24/h4-5,8-9,24H,2-3,6-7,10-12H2,1H3,(H,20,21,22). The van der Waals surface area contributed by atoms with Crippen LogP contribution in [0.4, 0.5) is 5.82 Å². The molecule has 0 atom stereocenters. The molecule has 0 fully saturated rings. The highest BCUT2D eigenvalue weighted by Crippen LogP contribution is 2.27. The largest absolute Gasteiger partial charge is 0.396 e. The number of amides is 1. The second-order valence-electron chi connectivity index (χ2n) is 6.11. The predicted molar refractivity (Wildman–Crippen MR) is 94.9 cm³/mol. The van der Waals surface area contributed by atoms with Crippen molar-refractivity contribution in [3.8, 4) is 11.4 Å². The zero-order chi connectivity index (χ0) is 17.6. The van der Waals surface area contributed by atoms with Crippen LogP contribution in [0.2, 0.25) is 0 Å². The van der Waals surface area contributed by atoms with Gasteiger partial charge in [-0.2, -0.15) is 0 Å². The van der Waals surface area contributed by atoms with Crippen LogP contribution in [0.5, 0.6) is 0 Å². The molecule has 132 valence electrons. The van der Waals surface area contributed by atoms with Gasteiger partial charge in [0.15, 0.2) is 5.82 Å².